The first-order valence-electron chi connectivity index (χ1n) is 14.1. The molecule has 2 fully saturated rings. The van der Waals surface area contributed by atoms with Crippen LogP contribution in [0.1, 0.15) is 82.0 Å². The van der Waals surface area contributed by atoms with E-state index >= 15 is 0 Å². The van der Waals surface area contributed by atoms with E-state index in [1.807, 2.05) is 36.4 Å². The summed E-state index contributed by atoms with van der Waals surface area (Å²) >= 11 is 0. The van der Waals surface area contributed by atoms with Gasteiger partial charge in [-0.15, -0.1) is 0 Å². The summed E-state index contributed by atoms with van der Waals surface area (Å²) in [6.07, 6.45) is 4.70. The number of carbonyl (C=O) groups excluding carboxylic acids is 2. The molecule has 8 heteroatoms. The Hall–Kier alpha value is -2.78. The van der Waals surface area contributed by atoms with Crippen molar-refractivity contribution in [3.63, 3.8) is 0 Å². The molecule has 0 saturated carbocycles. The lowest BCUT2D eigenvalue weighted by Crippen LogP contribution is -2.45. The van der Waals surface area contributed by atoms with Gasteiger partial charge in [-0.2, -0.15) is 0 Å². The Kier molecular flexibility index (Phi) is 10.5. The number of hydrogen-bond donors (Lipinski definition) is 2. The lowest BCUT2D eigenvalue weighted by atomic mass is 9.89. The monoisotopic (exact) mass is 538 g/mol. The van der Waals surface area contributed by atoms with Crippen molar-refractivity contribution in [2.24, 2.45) is 5.92 Å². The van der Waals surface area contributed by atoms with E-state index in [4.69, 9.17) is 14.2 Å². The number of aliphatic hydroxyl groups excluding tert-OH is 1. The second-order valence-corrected chi connectivity index (χ2v) is 10.8. The fourth-order valence-corrected chi connectivity index (χ4v) is 5.35. The maximum atomic E-state index is 12.3. The minimum absolute atomic E-state index is 0.00716. The number of aliphatic hydroxyl groups is 1. The van der Waals surface area contributed by atoms with Crippen molar-refractivity contribution >= 4 is 17.6 Å². The number of nitrogens with one attached hydrogen (secondary N) is 1. The number of nitrogens with zero attached hydrogens (tertiary/aromatic N) is 1. The van der Waals surface area contributed by atoms with Gasteiger partial charge in [-0.1, -0.05) is 62.6 Å². The molecule has 0 unspecified atom stereocenters. The van der Waals surface area contributed by atoms with Gasteiger partial charge in [0.25, 0.3) is 5.91 Å². The fraction of sp³-hybridized carbons (Fsp3) is 0.548. The molecule has 0 radical (unpaired) electrons. The predicted octanol–water partition coefficient (Wildman–Crippen LogP) is 5.13. The van der Waals surface area contributed by atoms with Gasteiger partial charge in [-0.3, -0.25) is 9.59 Å². The SMILES string of the molecule is CC(=O)O[C@@H](C)C(=O)Nc1ccc([C@@H]2O[C@H](CN3CCCCCCC3)[C@H](C)[C@H](c3ccc(CO)cc3)O2)cc1. The topological polar surface area (TPSA) is 97.3 Å². The Morgan fingerprint density at radius 1 is 0.974 bits per heavy atom. The highest BCUT2D eigenvalue weighted by Gasteiger charge is 2.39. The first-order valence-corrected chi connectivity index (χ1v) is 14.1. The molecular weight excluding hydrogens is 496 g/mol. The largest absolute Gasteiger partial charge is 0.453 e. The minimum atomic E-state index is -0.879. The first kappa shape index (κ1) is 29.2. The van der Waals surface area contributed by atoms with Crippen molar-refractivity contribution in [2.75, 3.05) is 25.0 Å². The average molecular weight is 539 g/mol. The Balaban J connectivity index is 1.51. The highest BCUT2D eigenvalue weighted by molar-refractivity contribution is 5.94. The van der Waals surface area contributed by atoms with E-state index in [0.717, 1.165) is 36.3 Å². The smallest absolute Gasteiger partial charge is 0.303 e. The zero-order valence-corrected chi connectivity index (χ0v) is 23.3. The van der Waals surface area contributed by atoms with Crippen molar-refractivity contribution in [2.45, 2.75) is 84.1 Å². The zero-order chi connectivity index (χ0) is 27.8. The molecule has 2 aromatic carbocycles. The van der Waals surface area contributed by atoms with E-state index in [9.17, 15) is 14.7 Å². The molecule has 1 amide bonds. The lowest BCUT2D eigenvalue weighted by molar-refractivity contribution is -0.276. The van der Waals surface area contributed by atoms with Crippen LogP contribution in [0.25, 0.3) is 0 Å². The highest BCUT2D eigenvalue weighted by Crippen LogP contribution is 2.42. The maximum absolute atomic E-state index is 12.3. The molecule has 0 bridgehead atoms. The van der Waals surface area contributed by atoms with Crippen molar-refractivity contribution in [3.8, 4) is 0 Å². The van der Waals surface area contributed by atoms with Crippen LogP contribution < -0.4 is 5.32 Å². The molecule has 5 atom stereocenters. The zero-order valence-electron chi connectivity index (χ0n) is 23.3. The molecule has 2 aliphatic heterocycles. The average Bonchev–Trinajstić information content (AvgIpc) is 2.91. The van der Waals surface area contributed by atoms with Crippen molar-refractivity contribution in [1.82, 2.24) is 4.90 Å². The normalized spacial score (nSPS) is 25.2. The van der Waals surface area contributed by atoms with Gasteiger partial charge in [0.05, 0.1) is 18.8 Å². The minimum Gasteiger partial charge on any atom is -0.453 e. The molecule has 2 aromatic rings. The van der Waals surface area contributed by atoms with Gasteiger partial charge in [0.2, 0.25) is 0 Å². The maximum Gasteiger partial charge on any atom is 0.303 e. The van der Waals surface area contributed by atoms with Crippen LogP contribution in [0.4, 0.5) is 5.69 Å². The van der Waals surface area contributed by atoms with Gasteiger partial charge < -0.3 is 29.5 Å². The van der Waals surface area contributed by atoms with Crippen molar-refractivity contribution in [1.29, 1.82) is 0 Å². The Morgan fingerprint density at radius 2 is 1.59 bits per heavy atom. The summed E-state index contributed by atoms with van der Waals surface area (Å²) in [5.41, 5.74) is 3.39. The predicted molar refractivity (Wildman–Crippen MR) is 149 cm³/mol. The summed E-state index contributed by atoms with van der Waals surface area (Å²) in [6, 6.07) is 15.3. The van der Waals surface area contributed by atoms with Crippen LogP contribution in [-0.2, 0) is 30.4 Å². The highest BCUT2D eigenvalue weighted by atomic mass is 16.7. The Labute approximate surface area is 231 Å². The van der Waals surface area contributed by atoms with Crippen LogP contribution in [0.2, 0.25) is 0 Å². The van der Waals surface area contributed by atoms with Crippen LogP contribution >= 0.6 is 0 Å². The molecule has 39 heavy (non-hydrogen) atoms. The number of hydrogen-bond acceptors (Lipinski definition) is 7. The second-order valence-electron chi connectivity index (χ2n) is 10.8. The molecule has 8 nitrogen and oxygen atoms in total. The molecule has 2 heterocycles. The van der Waals surface area contributed by atoms with Crippen LogP contribution in [-0.4, -0.2) is 53.7 Å². The summed E-state index contributed by atoms with van der Waals surface area (Å²) in [7, 11) is 0. The number of likely N-dealkylation sites (tertiary alicyclic amines) is 1. The second kappa shape index (κ2) is 14.0. The molecule has 0 aromatic heterocycles. The van der Waals surface area contributed by atoms with E-state index in [0.29, 0.717) is 5.69 Å². The Bertz CT molecular complexity index is 1070. The molecule has 4 rings (SSSR count). The fourth-order valence-electron chi connectivity index (χ4n) is 5.35. The van der Waals surface area contributed by atoms with Gasteiger partial charge in [0.15, 0.2) is 12.4 Å². The van der Waals surface area contributed by atoms with E-state index in [2.05, 4.69) is 17.1 Å². The summed E-state index contributed by atoms with van der Waals surface area (Å²) in [4.78, 5) is 26.0. The van der Waals surface area contributed by atoms with Crippen molar-refractivity contribution < 1.29 is 28.9 Å². The molecule has 2 aliphatic rings. The summed E-state index contributed by atoms with van der Waals surface area (Å²) in [5, 5.41) is 12.3. The third-order valence-electron chi connectivity index (χ3n) is 7.67. The molecule has 0 spiro atoms. The molecular formula is C31H42N2O6. The van der Waals surface area contributed by atoms with Gasteiger partial charge in [0.1, 0.15) is 0 Å². The van der Waals surface area contributed by atoms with E-state index < -0.39 is 24.3 Å². The quantitative estimate of drug-likeness (QED) is 0.450. The van der Waals surface area contributed by atoms with Crippen LogP contribution in [0.3, 0.4) is 0 Å². The number of esters is 1. The number of rotatable bonds is 8. The number of benzene rings is 2. The first-order chi connectivity index (χ1) is 18.8. The van der Waals surface area contributed by atoms with Gasteiger partial charge >= 0.3 is 5.97 Å². The summed E-state index contributed by atoms with van der Waals surface area (Å²) < 4.78 is 18.1. The van der Waals surface area contributed by atoms with E-state index in [1.165, 1.54) is 46.0 Å². The number of anilines is 1. The molecule has 0 aliphatic carbocycles. The van der Waals surface area contributed by atoms with Gasteiger partial charge in [-0.05, 0) is 56.1 Å². The van der Waals surface area contributed by atoms with E-state index in [-0.39, 0.29) is 24.7 Å². The van der Waals surface area contributed by atoms with Crippen molar-refractivity contribution in [3.05, 3.63) is 65.2 Å². The number of ether oxygens (including phenoxy) is 3. The molecule has 2 saturated heterocycles. The third kappa shape index (κ3) is 8.11. The molecule has 2 N–H and O–H groups in total. The van der Waals surface area contributed by atoms with Crippen LogP contribution in [0.15, 0.2) is 48.5 Å². The molecule has 212 valence electrons. The lowest BCUT2D eigenvalue weighted by Gasteiger charge is -2.43. The summed E-state index contributed by atoms with van der Waals surface area (Å²) in [5.74, 6) is -0.760. The number of amides is 1. The third-order valence-corrected chi connectivity index (χ3v) is 7.67. The van der Waals surface area contributed by atoms with Gasteiger partial charge in [0, 0.05) is 30.6 Å². The van der Waals surface area contributed by atoms with E-state index in [1.54, 1.807) is 12.1 Å². The standard InChI is InChI=1S/C31H42N2O6/c1-21-28(19-33-17-7-5-4-6-8-18-33)38-31(39-29(21)25-11-9-24(20-34)10-12-25)26-13-15-27(16-14-26)32-30(36)22(2)37-23(3)35/h9-16,21-22,28-29,31,34H,4-8,17-20H2,1-3H3,(H,32,36)/t21-,22-,28+,29+,31+/m0/s1. The van der Waals surface area contributed by atoms with Crippen LogP contribution in [0.5, 0.6) is 0 Å². The Morgan fingerprint density at radius 3 is 2.21 bits per heavy atom. The number of carbonyl (C=O) groups is 2. The van der Waals surface area contributed by atoms with Gasteiger partial charge in [-0.25, -0.2) is 0 Å². The summed E-state index contributed by atoms with van der Waals surface area (Å²) in [6.45, 7) is 8.05. The van der Waals surface area contributed by atoms with Crippen LogP contribution in [0, 0.1) is 5.92 Å².